The zero-order chi connectivity index (χ0) is 20.7. The normalized spacial score (nSPS) is 11.2. The van der Waals surface area contributed by atoms with E-state index in [0.29, 0.717) is 17.7 Å². The highest BCUT2D eigenvalue weighted by molar-refractivity contribution is 5.89. The van der Waals surface area contributed by atoms with Gasteiger partial charge in [-0.2, -0.15) is 0 Å². The molecule has 2 aromatic rings. The lowest BCUT2D eigenvalue weighted by Crippen LogP contribution is -2.10. The van der Waals surface area contributed by atoms with Gasteiger partial charge in [0.2, 0.25) is 5.75 Å². The van der Waals surface area contributed by atoms with Gasteiger partial charge in [0.1, 0.15) is 17.9 Å². The number of esters is 1. The van der Waals surface area contributed by atoms with Crippen molar-refractivity contribution in [2.24, 2.45) is 0 Å². The fourth-order valence-electron chi connectivity index (χ4n) is 2.62. The van der Waals surface area contributed by atoms with E-state index in [1.165, 1.54) is 25.2 Å². The Morgan fingerprint density at radius 1 is 1.11 bits per heavy atom. The van der Waals surface area contributed by atoms with E-state index in [2.05, 4.69) is 26.8 Å². The fraction of sp³-hybridized carbons (Fsp3) is 0.364. The van der Waals surface area contributed by atoms with Crippen molar-refractivity contribution in [1.29, 1.82) is 0 Å². The molecule has 0 spiro atoms. The molecule has 0 atom stereocenters. The summed E-state index contributed by atoms with van der Waals surface area (Å²) in [4.78, 5) is 23.5. The van der Waals surface area contributed by atoms with Crippen LogP contribution in [0, 0.1) is 0 Å². The van der Waals surface area contributed by atoms with Gasteiger partial charge in [-0.05, 0) is 51.8 Å². The summed E-state index contributed by atoms with van der Waals surface area (Å²) in [6.07, 6.45) is 6.22. The Morgan fingerprint density at radius 3 is 2.50 bits per heavy atom. The molecule has 6 heteroatoms. The van der Waals surface area contributed by atoms with Crippen molar-refractivity contribution in [3.05, 3.63) is 51.9 Å². The second kappa shape index (κ2) is 9.78. The summed E-state index contributed by atoms with van der Waals surface area (Å²) in [6, 6.07) is 4.98. The van der Waals surface area contributed by atoms with Gasteiger partial charge in [-0.25, -0.2) is 4.79 Å². The minimum absolute atomic E-state index is 0.0443. The van der Waals surface area contributed by atoms with Gasteiger partial charge in [0.25, 0.3) is 0 Å². The molecule has 0 N–H and O–H groups in total. The predicted molar refractivity (Wildman–Crippen MR) is 108 cm³/mol. The van der Waals surface area contributed by atoms with Crippen LogP contribution in [-0.4, -0.2) is 19.7 Å². The summed E-state index contributed by atoms with van der Waals surface area (Å²) >= 11 is 0. The Kier molecular flexibility index (Phi) is 7.44. The van der Waals surface area contributed by atoms with Gasteiger partial charge >= 0.3 is 11.6 Å². The Hall–Kier alpha value is -3.02. The second-order valence-corrected chi connectivity index (χ2v) is 6.69. The van der Waals surface area contributed by atoms with Crippen LogP contribution >= 0.6 is 0 Å². The van der Waals surface area contributed by atoms with Gasteiger partial charge in [0.05, 0.1) is 12.5 Å². The average molecular weight is 386 g/mol. The first-order chi connectivity index (χ1) is 13.3. The lowest BCUT2D eigenvalue weighted by Gasteiger charge is -2.10. The summed E-state index contributed by atoms with van der Waals surface area (Å²) in [7, 11) is 1.31. The van der Waals surface area contributed by atoms with E-state index in [1.54, 1.807) is 18.2 Å². The zero-order valence-electron chi connectivity index (χ0n) is 17.0. The van der Waals surface area contributed by atoms with E-state index in [0.717, 1.165) is 12.8 Å². The molecule has 6 nitrogen and oxygen atoms in total. The summed E-state index contributed by atoms with van der Waals surface area (Å²) in [5.74, 6) is -0.115. The molecule has 0 amide bonds. The maximum Gasteiger partial charge on any atom is 0.383 e. The molecule has 0 aliphatic heterocycles. The first-order valence-corrected chi connectivity index (χ1v) is 9.07. The molecule has 28 heavy (non-hydrogen) atoms. The van der Waals surface area contributed by atoms with E-state index >= 15 is 0 Å². The van der Waals surface area contributed by atoms with E-state index in [1.807, 2.05) is 6.08 Å². The Balaban J connectivity index is 2.19. The molecule has 0 saturated carbocycles. The average Bonchev–Trinajstić information content (AvgIpc) is 2.61. The van der Waals surface area contributed by atoms with Crippen LogP contribution in [0.2, 0.25) is 0 Å². The van der Waals surface area contributed by atoms with Crippen LogP contribution in [0.1, 0.15) is 40.5 Å². The SMILES string of the molecule is COc1c(OC(C)=O)c2ccc(OCC=C(C)CCC=C(C)C)cc2oc1=O. The van der Waals surface area contributed by atoms with E-state index in [4.69, 9.17) is 18.6 Å². The molecule has 0 aliphatic carbocycles. The molecule has 0 radical (unpaired) electrons. The largest absolute Gasteiger partial charge is 0.489 e. The van der Waals surface area contributed by atoms with Crippen molar-refractivity contribution >= 4 is 16.9 Å². The van der Waals surface area contributed by atoms with Crippen LogP contribution in [0.4, 0.5) is 0 Å². The third-order valence-electron chi connectivity index (χ3n) is 4.01. The molecule has 0 aliphatic rings. The molecule has 2 rings (SSSR count). The van der Waals surface area contributed by atoms with Crippen LogP contribution < -0.4 is 19.8 Å². The number of allylic oxidation sites excluding steroid dienone is 3. The number of ether oxygens (including phenoxy) is 3. The van der Waals surface area contributed by atoms with Crippen molar-refractivity contribution in [3.63, 3.8) is 0 Å². The maximum absolute atomic E-state index is 12.1. The lowest BCUT2D eigenvalue weighted by molar-refractivity contribution is -0.131. The van der Waals surface area contributed by atoms with Gasteiger partial charge in [-0.15, -0.1) is 0 Å². The highest BCUT2D eigenvalue weighted by atomic mass is 16.6. The Labute approximate surface area is 164 Å². The zero-order valence-corrected chi connectivity index (χ0v) is 17.0. The fourth-order valence-corrected chi connectivity index (χ4v) is 2.62. The summed E-state index contributed by atoms with van der Waals surface area (Å²) < 4.78 is 21.2. The molecular weight excluding hydrogens is 360 g/mol. The van der Waals surface area contributed by atoms with E-state index in [9.17, 15) is 9.59 Å². The van der Waals surface area contributed by atoms with Crippen LogP contribution in [-0.2, 0) is 4.79 Å². The summed E-state index contributed by atoms with van der Waals surface area (Å²) in [5.41, 5.74) is 2.08. The molecule has 0 saturated heterocycles. The smallest absolute Gasteiger partial charge is 0.383 e. The monoisotopic (exact) mass is 386 g/mol. The predicted octanol–water partition coefficient (Wildman–Crippen LogP) is 4.80. The van der Waals surface area contributed by atoms with Gasteiger partial charge in [0.15, 0.2) is 5.75 Å². The van der Waals surface area contributed by atoms with Crippen molar-refractivity contribution in [3.8, 4) is 17.2 Å². The van der Waals surface area contributed by atoms with Crippen LogP contribution in [0.15, 0.2) is 50.7 Å². The number of benzene rings is 1. The van der Waals surface area contributed by atoms with Gasteiger partial charge in [-0.3, -0.25) is 4.79 Å². The summed E-state index contributed by atoms with van der Waals surface area (Å²) in [6.45, 7) is 7.90. The Morgan fingerprint density at radius 2 is 1.86 bits per heavy atom. The molecule has 0 bridgehead atoms. The summed E-state index contributed by atoms with van der Waals surface area (Å²) in [5, 5.41) is 0.451. The second-order valence-electron chi connectivity index (χ2n) is 6.69. The highest BCUT2D eigenvalue weighted by Crippen LogP contribution is 2.34. The van der Waals surface area contributed by atoms with Gasteiger partial charge < -0.3 is 18.6 Å². The molecule has 0 fully saturated rings. The molecule has 1 aromatic heterocycles. The van der Waals surface area contributed by atoms with Crippen molar-refractivity contribution in [2.75, 3.05) is 13.7 Å². The van der Waals surface area contributed by atoms with Crippen LogP contribution in [0.3, 0.4) is 0 Å². The minimum Gasteiger partial charge on any atom is -0.489 e. The number of hydrogen-bond acceptors (Lipinski definition) is 6. The first-order valence-electron chi connectivity index (χ1n) is 9.07. The highest BCUT2D eigenvalue weighted by Gasteiger charge is 2.19. The van der Waals surface area contributed by atoms with Gasteiger partial charge in [0, 0.05) is 13.0 Å². The molecule has 150 valence electrons. The minimum atomic E-state index is -0.724. The third kappa shape index (κ3) is 5.74. The van der Waals surface area contributed by atoms with Crippen molar-refractivity contribution < 1.29 is 23.4 Å². The quantitative estimate of drug-likeness (QED) is 0.369. The van der Waals surface area contributed by atoms with Crippen molar-refractivity contribution in [1.82, 2.24) is 0 Å². The third-order valence-corrected chi connectivity index (χ3v) is 4.01. The molecule has 1 heterocycles. The number of methoxy groups -OCH3 is 1. The first kappa shape index (κ1) is 21.3. The van der Waals surface area contributed by atoms with E-state index in [-0.39, 0.29) is 17.1 Å². The Bertz CT molecular complexity index is 961. The number of rotatable bonds is 8. The standard InChI is InChI=1S/C22H26O6/c1-14(2)7-6-8-15(3)11-12-26-17-9-10-18-19(13-17)28-22(24)21(25-5)20(18)27-16(4)23/h7,9-11,13H,6,8,12H2,1-5H3. The van der Waals surface area contributed by atoms with Crippen LogP contribution in [0.5, 0.6) is 17.2 Å². The number of carbonyl (C=O) groups excluding carboxylic acids is 1. The van der Waals surface area contributed by atoms with Crippen molar-refractivity contribution in [2.45, 2.75) is 40.5 Å². The molecule has 1 aromatic carbocycles. The number of hydrogen-bond donors (Lipinski definition) is 0. The van der Waals surface area contributed by atoms with E-state index < -0.39 is 11.6 Å². The molecule has 0 unspecified atom stereocenters. The topological polar surface area (TPSA) is 75.0 Å². The lowest BCUT2D eigenvalue weighted by atomic mass is 10.1. The number of fused-ring (bicyclic) bond motifs is 1. The molecular formula is C22H26O6. The van der Waals surface area contributed by atoms with Gasteiger partial charge in [-0.1, -0.05) is 17.2 Å². The van der Waals surface area contributed by atoms with Crippen LogP contribution in [0.25, 0.3) is 11.0 Å². The maximum atomic E-state index is 12.1. The number of carbonyl (C=O) groups is 1.